The largest absolute Gasteiger partial charge is 0.300 e. The average Bonchev–Trinajstić information content (AvgIpc) is 2.34. The molecule has 1 saturated heterocycles. The van der Waals surface area contributed by atoms with Gasteiger partial charge in [0.15, 0.2) is 0 Å². The van der Waals surface area contributed by atoms with Gasteiger partial charge in [-0.25, -0.2) is 0 Å². The molecule has 1 aliphatic heterocycles. The highest BCUT2D eigenvalue weighted by atomic mass is 15.2. The van der Waals surface area contributed by atoms with Crippen LogP contribution in [0.4, 0.5) is 0 Å². The maximum atomic E-state index is 2.57. The number of hydrogen-bond acceptors (Lipinski definition) is 1. The van der Waals surface area contributed by atoms with E-state index >= 15 is 0 Å². The normalized spacial score (nSPS) is 51.5. The van der Waals surface area contributed by atoms with Crippen molar-refractivity contribution in [1.82, 2.24) is 4.90 Å². The van der Waals surface area contributed by atoms with E-state index in [0.29, 0.717) is 11.0 Å². The van der Waals surface area contributed by atoms with Gasteiger partial charge < -0.3 is 4.90 Å². The van der Waals surface area contributed by atoms with Crippen molar-refractivity contribution in [2.45, 2.75) is 45.1 Å². The summed E-state index contributed by atoms with van der Waals surface area (Å²) in [6, 6.07) is 0. The van der Waals surface area contributed by atoms with Crippen LogP contribution in [0.1, 0.15) is 39.5 Å². The van der Waals surface area contributed by atoms with Gasteiger partial charge in [0.05, 0.1) is 0 Å². The summed E-state index contributed by atoms with van der Waals surface area (Å²) >= 11 is 0. The molecular weight excluding hydrogens is 134 g/mol. The Morgan fingerprint density at radius 1 is 1.09 bits per heavy atom. The number of fused-ring (bicyclic) bond motifs is 1. The molecule has 0 N–H and O–H groups in total. The molecular formula is C10H19N. The first kappa shape index (κ1) is 7.60. The summed E-state index contributed by atoms with van der Waals surface area (Å²) in [7, 11) is 2.29. The molecule has 2 atom stereocenters. The van der Waals surface area contributed by atoms with Crippen LogP contribution in [0.5, 0.6) is 0 Å². The highest BCUT2D eigenvalue weighted by Gasteiger charge is 2.54. The predicted octanol–water partition coefficient (Wildman–Crippen LogP) is 2.27. The third-order valence-electron chi connectivity index (χ3n) is 4.53. The molecule has 1 heterocycles. The van der Waals surface area contributed by atoms with Crippen molar-refractivity contribution in [2.75, 3.05) is 13.6 Å². The molecule has 64 valence electrons. The van der Waals surface area contributed by atoms with Crippen LogP contribution < -0.4 is 0 Å². The number of hydrogen-bond donors (Lipinski definition) is 0. The molecule has 11 heavy (non-hydrogen) atoms. The van der Waals surface area contributed by atoms with E-state index in [1.165, 1.54) is 32.2 Å². The lowest BCUT2D eigenvalue weighted by Crippen LogP contribution is -2.44. The fraction of sp³-hybridized carbons (Fsp3) is 1.00. The van der Waals surface area contributed by atoms with Crippen LogP contribution in [0.3, 0.4) is 0 Å². The van der Waals surface area contributed by atoms with E-state index in [1.54, 1.807) is 0 Å². The molecule has 0 spiro atoms. The van der Waals surface area contributed by atoms with Gasteiger partial charge >= 0.3 is 0 Å². The molecule has 0 aromatic rings. The predicted molar refractivity (Wildman–Crippen MR) is 47.6 cm³/mol. The lowest BCUT2D eigenvalue weighted by molar-refractivity contribution is 0.115. The Balaban J connectivity index is 2.33. The van der Waals surface area contributed by atoms with E-state index < -0.39 is 0 Å². The molecule has 0 aromatic carbocycles. The number of rotatable bonds is 0. The molecule has 2 aliphatic rings. The molecule has 0 radical (unpaired) electrons. The molecule has 0 aromatic heterocycles. The highest BCUT2D eigenvalue weighted by Crippen LogP contribution is 2.55. The molecule has 0 bridgehead atoms. The van der Waals surface area contributed by atoms with Crippen LogP contribution in [0.15, 0.2) is 0 Å². The number of likely N-dealkylation sites (tertiary alicyclic amines) is 1. The van der Waals surface area contributed by atoms with Crippen LogP contribution in [0.2, 0.25) is 0 Å². The third-order valence-corrected chi connectivity index (χ3v) is 4.53. The van der Waals surface area contributed by atoms with Gasteiger partial charge in [-0.05, 0) is 45.2 Å². The van der Waals surface area contributed by atoms with Gasteiger partial charge in [-0.15, -0.1) is 0 Å². The molecule has 1 nitrogen and oxygen atoms in total. The Morgan fingerprint density at radius 2 is 1.82 bits per heavy atom. The Bertz CT molecular complexity index is 178. The van der Waals surface area contributed by atoms with Crippen LogP contribution in [0.25, 0.3) is 0 Å². The van der Waals surface area contributed by atoms with Crippen molar-refractivity contribution in [3.05, 3.63) is 0 Å². The Kier molecular flexibility index (Phi) is 1.39. The minimum atomic E-state index is 0.535. The average molecular weight is 153 g/mol. The lowest BCUT2D eigenvalue weighted by Gasteiger charge is -2.39. The summed E-state index contributed by atoms with van der Waals surface area (Å²) in [5.74, 6) is 0. The third kappa shape index (κ3) is 0.752. The van der Waals surface area contributed by atoms with E-state index in [9.17, 15) is 0 Å². The van der Waals surface area contributed by atoms with E-state index in [4.69, 9.17) is 0 Å². The van der Waals surface area contributed by atoms with E-state index in [-0.39, 0.29) is 0 Å². The molecule has 2 fully saturated rings. The minimum absolute atomic E-state index is 0.535. The standard InChI is InChI=1S/C10H19N/c1-9-5-4-6-10(9,2)11(3)8-7-9/h4-8H2,1-3H3. The summed E-state index contributed by atoms with van der Waals surface area (Å²) in [4.78, 5) is 2.57. The minimum Gasteiger partial charge on any atom is -0.300 e. The maximum Gasteiger partial charge on any atom is 0.0232 e. The van der Waals surface area contributed by atoms with Gasteiger partial charge in [-0.3, -0.25) is 0 Å². The van der Waals surface area contributed by atoms with Gasteiger partial charge in [0.1, 0.15) is 0 Å². The summed E-state index contributed by atoms with van der Waals surface area (Å²) in [5.41, 5.74) is 1.18. The molecule has 1 saturated carbocycles. The zero-order valence-electron chi connectivity index (χ0n) is 7.98. The molecule has 2 rings (SSSR count). The fourth-order valence-corrected chi connectivity index (χ4v) is 3.10. The van der Waals surface area contributed by atoms with Crippen molar-refractivity contribution < 1.29 is 0 Å². The van der Waals surface area contributed by atoms with Crippen molar-refractivity contribution >= 4 is 0 Å². The Morgan fingerprint density at radius 3 is 2.45 bits per heavy atom. The van der Waals surface area contributed by atoms with E-state index in [1.807, 2.05) is 0 Å². The quantitative estimate of drug-likeness (QED) is 0.516. The second-order valence-corrected chi connectivity index (χ2v) is 4.86. The first-order valence-corrected chi connectivity index (χ1v) is 4.80. The maximum absolute atomic E-state index is 2.57. The van der Waals surface area contributed by atoms with Crippen LogP contribution in [0, 0.1) is 5.41 Å². The SMILES string of the molecule is CN1CCC2(C)CCCC12C. The topological polar surface area (TPSA) is 3.24 Å². The first-order valence-electron chi connectivity index (χ1n) is 4.80. The smallest absolute Gasteiger partial charge is 0.0232 e. The second kappa shape index (κ2) is 2.01. The second-order valence-electron chi connectivity index (χ2n) is 4.86. The van der Waals surface area contributed by atoms with Gasteiger partial charge in [-0.1, -0.05) is 13.3 Å². The molecule has 2 unspecified atom stereocenters. The van der Waals surface area contributed by atoms with Crippen molar-refractivity contribution in [3.8, 4) is 0 Å². The van der Waals surface area contributed by atoms with Crippen LogP contribution in [-0.2, 0) is 0 Å². The van der Waals surface area contributed by atoms with Crippen LogP contribution >= 0.6 is 0 Å². The van der Waals surface area contributed by atoms with Gasteiger partial charge in [0, 0.05) is 5.54 Å². The first-order chi connectivity index (χ1) is 5.08. The van der Waals surface area contributed by atoms with Crippen molar-refractivity contribution in [3.63, 3.8) is 0 Å². The zero-order valence-corrected chi connectivity index (χ0v) is 7.98. The van der Waals surface area contributed by atoms with E-state index in [0.717, 1.165) is 0 Å². The highest BCUT2D eigenvalue weighted by molar-refractivity contribution is 5.09. The Hall–Kier alpha value is -0.0400. The zero-order chi connectivity index (χ0) is 8.11. The van der Waals surface area contributed by atoms with Crippen LogP contribution in [-0.4, -0.2) is 24.0 Å². The summed E-state index contributed by atoms with van der Waals surface area (Å²) < 4.78 is 0. The summed E-state index contributed by atoms with van der Waals surface area (Å²) in [6.07, 6.45) is 5.73. The monoisotopic (exact) mass is 153 g/mol. The van der Waals surface area contributed by atoms with Gasteiger partial charge in [-0.2, -0.15) is 0 Å². The number of nitrogens with zero attached hydrogens (tertiary/aromatic N) is 1. The molecule has 1 aliphatic carbocycles. The van der Waals surface area contributed by atoms with Crippen molar-refractivity contribution in [2.24, 2.45) is 5.41 Å². The molecule has 1 heteroatoms. The van der Waals surface area contributed by atoms with E-state index in [2.05, 4.69) is 25.8 Å². The van der Waals surface area contributed by atoms with Crippen molar-refractivity contribution in [1.29, 1.82) is 0 Å². The summed E-state index contributed by atoms with van der Waals surface area (Å²) in [5, 5.41) is 0. The van der Waals surface area contributed by atoms with Gasteiger partial charge in [0.2, 0.25) is 0 Å². The lowest BCUT2D eigenvalue weighted by atomic mass is 9.75. The molecule has 0 amide bonds. The summed E-state index contributed by atoms with van der Waals surface area (Å²) in [6.45, 7) is 6.24. The fourth-order valence-electron chi connectivity index (χ4n) is 3.10. The Labute approximate surface area is 69.8 Å². The van der Waals surface area contributed by atoms with Gasteiger partial charge in [0.25, 0.3) is 0 Å².